The van der Waals surface area contributed by atoms with E-state index in [1.54, 1.807) is 30.5 Å². The lowest BCUT2D eigenvalue weighted by atomic mass is 10.1. The molecule has 0 radical (unpaired) electrons. The molecule has 0 bridgehead atoms. The van der Waals surface area contributed by atoms with Gasteiger partial charge >= 0.3 is 0 Å². The summed E-state index contributed by atoms with van der Waals surface area (Å²) in [4.78, 5) is 21.9. The van der Waals surface area contributed by atoms with E-state index < -0.39 is 5.91 Å². The zero-order chi connectivity index (χ0) is 14.8. The van der Waals surface area contributed by atoms with Crippen LogP contribution in [0.3, 0.4) is 0 Å². The zero-order valence-electron chi connectivity index (χ0n) is 11.4. The van der Waals surface area contributed by atoms with Crippen LogP contribution in [0.5, 0.6) is 0 Å². The second kappa shape index (κ2) is 5.49. The van der Waals surface area contributed by atoms with Crippen LogP contribution in [0.15, 0.2) is 36.5 Å². The molecule has 0 saturated carbocycles. The molecule has 6 heteroatoms. The second-order valence-electron chi connectivity index (χ2n) is 5.07. The highest BCUT2D eigenvalue weighted by atomic mass is 16.3. The van der Waals surface area contributed by atoms with Crippen molar-refractivity contribution in [3.05, 3.63) is 42.1 Å². The fraction of sp³-hybridized carbons (Fsp3) is 0.267. The number of β-amino-alcohol motifs (C(OH)–C–C–N with tert-alkyl or cyclic N) is 1. The number of primary amides is 1. The SMILES string of the molecule is NC(=O)c1ccc(-c2nccc(N3CCC(O)C3)n2)cc1. The Labute approximate surface area is 122 Å². The summed E-state index contributed by atoms with van der Waals surface area (Å²) in [6.45, 7) is 1.38. The molecule has 21 heavy (non-hydrogen) atoms. The molecule has 3 rings (SSSR count). The number of benzene rings is 1. The summed E-state index contributed by atoms with van der Waals surface area (Å²) in [5, 5.41) is 9.60. The van der Waals surface area contributed by atoms with E-state index in [9.17, 15) is 9.90 Å². The lowest BCUT2D eigenvalue weighted by molar-refractivity contribution is 0.100. The van der Waals surface area contributed by atoms with Crippen LogP contribution in [-0.2, 0) is 0 Å². The predicted octanol–water partition coefficient (Wildman–Crippen LogP) is 0.813. The van der Waals surface area contributed by atoms with Crippen molar-refractivity contribution in [2.24, 2.45) is 5.73 Å². The van der Waals surface area contributed by atoms with Gasteiger partial charge in [-0.2, -0.15) is 0 Å². The Balaban J connectivity index is 1.87. The molecule has 6 nitrogen and oxygen atoms in total. The zero-order valence-corrected chi connectivity index (χ0v) is 11.4. The van der Waals surface area contributed by atoms with Crippen LogP contribution in [-0.4, -0.2) is 40.2 Å². The number of aliphatic hydroxyl groups excluding tert-OH is 1. The molecule has 0 aliphatic carbocycles. The maximum atomic E-state index is 11.1. The van der Waals surface area contributed by atoms with Gasteiger partial charge in [0.15, 0.2) is 5.82 Å². The van der Waals surface area contributed by atoms with Crippen molar-refractivity contribution in [3.63, 3.8) is 0 Å². The topological polar surface area (TPSA) is 92.3 Å². The first-order valence-electron chi connectivity index (χ1n) is 6.80. The van der Waals surface area contributed by atoms with E-state index in [2.05, 4.69) is 9.97 Å². The summed E-state index contributed by atoms with van der Waals surface area (Å²) < 4.78 is 0. The Kier molecular flexibility index (Phi) is 3.53. The first kappa shape index (κ1) is 13.5. The summed E-state index contributed by atoms with van der Waals surface area (Å²) in [6.07, 6.45) is 2.16. The maximum Gasteiger partial charge on any atom is 0.248 e. The number of rotatable bonds is 3. The number of hydrogen-bond acceptors (Lipinski definition) is 5. The van der Waals surface area contributed by atoms with E-state index in [-0.39, 0.29) is 6.10 Å². The first-order chi connectivity index (χ1) is 10.1. The lowest BCUT2D eigenvalue weighted by Gasteiger charge is -2.16. The molecular weight excluding hydrogens is 268 g/mol. The van der Waals surface area contributed by atoms with Crippen molar-refractivity contribution in [2.75, 3.05) is 18.0 Å². The van der Waals surface area contributed by atoms with E-state index >= 15 is 0 Å². The molecule has 2 aromatic rings. The van der Waals surface area contributed by atoms with Gasteiger partial charge in [0.1, 0.15) is 5.82 Å². The van der Waals surface area contributed by atoms with Crippen LogP contribution in [0.25, 0.3) is 11.4 Å². The molecule has 1 fully saturated rings. The van der Waals surface area contributed by atoms with Crippen LogP contribution < -0.4 is 10.6 Å². The van der Waals surface area contributed by atoms with Gasteiger partial charge < -0.3 is 15.7 Å². The van der Waals surface area contributed by atoms with Crippen LogP contribution in [0, 0.1) is 0 Å². The van der Waals surface area contributed by atoms with Crippen molar-refractivity contribution >= 4 is 11.7 Å². The summed E-state index contributed by atoms with van der Waals surface area (Å²) in [7, 11) is 0. The van der Waals surface area contributed by atoms with Gasteiger partial charge in [-0.15, -0.1) is 0 Å². The number of aromatic nitrogens is 2. The Morgan fingerprint density at radius 3 is 2.67 bits per heavy atom. The van der Waals surface area contributed by atoms with Gasteiger partial charge in [0.25, 0.3) is 0 Å². The van der Waals surface area contributed by atoms with Gasteiger partial charge in [0.05, 0.1) is 6.10 Å². The smallest absolute Gasteiger partial charge is 0.248 e. The quantitative estimate of drug-likeness (QED) is 0.870. The maximum absolute atomic E-state index is 11.1. The van der Waals surface area contributed by atoms with Gasteiger partial charge in [-0.1, -0.05) is 12.1 Å². The predicted molar refractivity (Wildman–Crippen MR) is 78.8 cm³/mol. The molecule has 3 N–H and O–H groups in total. The molecule has 1 aliphatic heterocycles. The molecule has 1 amide bonds. The number of carbonyl (C=O) groups excluding carboxylic acids is 1. The van der Waals surface area contributed by atoms with Gasteiger partial charge in [-0.05, 0) is 24.6 Å². The second-order valence-corrected chi connectivity index (χ2v) is 5.07. The Morgan fingerprint density at radius 1 is 1.29 bits per heavy atom. The number of nitrogens with zero attached hydrogens (tertiary/aromatic N) is 3. The lowest BCUT2D eigenvalue weighted by Crippen LogP contribution is -2.22. The van der Waals surface area contributed by atoms with E-state index in [0.29, 0.717) is 17.9 Å². The van der Waals surface area contributed by atoms with Gasteiger partial charge in [-0.25, -0.2) is 9.97 Å². The summed E-state index contributed by atoms with van der Waals surface area (Å²) in [5.74, 6) is 0.933. The minimum Gasteiger partial charge on any atom is -0.391 e. The molecule has 108 valence electrons. The largest absolute Gasteiger partial charge is 0.391 e. The average Bonchev–Trinajstić information content (AvgIpc) is 2.94. The molecule has 1 saturated heterocycles. The standard InChI is InChI=1S/C15H16N4O2/c16-14(21)10-1-3-11(4-2-10)15-17-7-5-13(18-15)19-8-6-12(20)9-19/h1-5,7,12,20H,6,8-9H2,(H2,16,21). The van der Waals surface area contributed by atoms with Crippen molar-refractivity contribution in [1.82, 2.24) is 9.97 Å². The average molecular weight is 284 g/mol. The summed E-state index contributed by atoms with van der Waals surface area (Å²) in [6, 6.07) is 8.70. The Morgan fingerprint density at radius 2 is 2.05 bits per heavy atom. The highest BCUT2D eigenvalue weighted by molar-refractivity contribution is 5.93. The molecule has 2 heterocycles. The van der Waals surface area contributed by atoms with Crippen LogP contribution in [0.4, 0.5) is 5.82 Å². The number of anilines is 1. The minimum atomic E-state index is -0.456. The van der Waals surface area contributed by atoms with E-state index in [1.807, 2.05) is 11.0 Å². The molecule has 1 atom stereocenters. The number of hydrogen-bond donors (Lipinski definition) is 2. The van der Waals surface area contributed by atoms with Crippen LogP contribution >= 0.6 is 0 Å². The molecule has 1 aromatic carbocycles. The van der Waals surface area contributed by atoms with Gasteiger partial charge in [0, 0.05) is 30.4 Å². The Hall–Kier alpha value is -2.47. The summed E-state index contributed by atoms with van der Waals surface area (Å²) >= 11 is 0. The molecule has 1 aliphatic rings. The van der Waals surface area contributed by atoms with Gasteiger partial charge in [0.2, 0.25) is 5.91 Å². The number of carbonyl (C=O) groups is 1. The van der Waals surface area contributed by atoms with Crippen molar-refractivity contribution in [1.29, 1.82) is 0 Å². The van der Waals surface area contributed by atoms with Crippen LogP contribution in [0.1, 0.15) is 16.8 Å². The molecule has 1 aromatic heterocycles. The number of nitrogens with two attached hydrogens (primary N) is 1. The third kappa shape index (κ3) is 2.85. The third-order valence-corrected chi connectivity index (χ3v) is 3.56. The van der Waals surface area contributed by atoms with Crippen molar-refractivity contribution in [3.8, 4) is 11.4 Å². The van der Waals surface area contributed by atoms with Crippen molar-refractivity contribution < 1.29 is 9.90 Å². The van der Waals surface area contributed by atoms with Crippen LogP contribution in [0.2, 0.25) is 0 Å². The fourth-order valence-electron chi connectivity index (χ4n) is 2.40. The highest BCUT2D eigenvalue weighted by Crippen LogP contribution is 2.21. The van der Waals surface area contributed by atoms with Gasteiger partial charge in [-0.3, -0.25) is 4.79 Å². The summed E-state index contributed by atoms with van der Waals surface area (Å²) in [5.41, 5.74) is 6.50. The Bertz CT molecular complexity index is 657. The molecule has 0 spiro atoms. The molecule has 1 unspecified atom stereocenters. The number of aliphatic hydroxyl groups is 1. The van der Waals surface area contributed by atoms with E-state index in [4.69, 9.17) is 5.73 Å². The normalized spacial score (nSPS) is 18.0. The minimum absolute atomic E-state index is 0.293. The number of amides is 1. The first-order valence-corrected chi connectivity index (χ1v) is 6.80. The van der Waals surface area contributed by atoms with E-state index in [0.717, 1.165) is 24.3 Å². The van der Waals surface area contributed by atoms with Crippen molar-refractivity contribution in [2.45, 2.75) is 12.5 Å². The third-order valence-electron chi connectivity index (χ3n) is 3.56. The highest BCUT2D eigenvalue weighted by Gasteiger charge is 2.21. The monoisotopic (exact) mass is 284 g/mol. The molecular formula is C15H16N4O2. The fourth-order valence-corrected chi connectivity index (χ4v) is 2.40. The van der Waals surface area contributed by atoms with E-state index in [1.165, 1.54) is 0 Å².